The van der Waals surface area contributed by atoms with E-state index in [9.17, 15) is 4.79 Å². The number of thioether (sulfide) groups is 1. The monoisotopic (exact) mass is 412 g/mol. The molecule has 2 aromatic carbocycles. The number of carbonyl (C=O) groups excluding carboxylic acids is 1. The number of halogens is 1. The van der Waals surface area contributed by atoms with Crippen LogP contribution in [0.15, 0.2) is 53.4 Å². The molecule has 0 bridgehead atoms. The Labute approximate surface area is 175 Å². The first-order valence-electron chi connectivity index (χ1n) is 9.85. The lowest BCUT2D eigenvalue weighted by Gasteiger charge is -2.28. The summed E-state index contributed by atoms with van der Waals surface area (Å²) in [7, 11) is 0. The highest BCUT2D eigenvalue weighted by Crippen LogP contribution is 2.41. The Morgan fingerprint density at radius 2 is 1.86 bits per heavy atom. The van der Waals surface area contributed by atoms with E-state index < -0.39 is 5.41 Å². The van der Waals surface area contributed by atoms with Crippen LogP contribution in [0.5, 0.6) is 0 Å². The van der Waals surface area contributed by atoms with Gasteiger partial charge < -0.3 is 10.3 Å². The van der Waals surface area contributed by atoms with E-state index in [1.807, 2.05) is 30.3 Å². The number of para-hydroxylation sites is 1. The van der Waals surface area contributed by atoms with Gasteiger partial charge in [0, 0.05) is 38.8 Å². The first-order valence-corrected chi connectivity index (χ1v) is 11.2. The normalized spacial score (nSPS) is 15.8. The van der Waals surface area contributed by atoms with Gasteiger partial charge in [-0.2, -0.15) is 0 Å². The topological polar surface area (TPSA) is 44.9 Å². The number of aromatic amines is 1. The molecule has 0 spiro atoms. The Morgan fingerprint density at radius 1 is 1.14 bits per heavy atom. The molecule has 1 saturated carbocycles. The van der Waals surface area contributed by atoms with Gasteiger partial charge in [0.05, 0.1) is 5.41 Å². The molecule has 1 aliphatic carbocycles. The number of hydrogen-bond acceptors (Lipinski definition) is 2. The van der Waals surface area contributed by atoms with E-state index in [-0.39, 0.29) is 5.91 Å². The summed E-state index contributed by atoms with van der Waals surface area (Å²) in [6, 6.07) is 16.2. The maximum Gasteiger partial charge on any atom is 0.230 e. The minimum Gasteiger partial charge on any atom is -0.358 e. The summed E-state index contributed by atoms with van der Waals surface area (Å²) >= 11 is 7.84. The molecule has 1 aliphatic rings. The Bertz CT molecular complexity index is 974. The first-order chi connectivity index (χ1) is 13.6. The molecule has 3 nitrogen and oxygen atoms in total. The number of aromatic nitrogens is 1. The zero-order valence-electron chi connectivity index (χ0n) is 16.1. The van der Waals surface area contributed by atoms with Crippen LogP contribution in [-0.2, 0) is 10.2 Å². The van der Waals surface area contributed by atoms with E-state index >= 15 is 0 Å². The van der Waals surface area contributed by atoms with Crippen LogP contribution in [0.4, 0.5) is 0 Å². The van der Waals surface area contributed by atoms with Gasteiger partial charge in [0.15, 0.2) is 0 Å². The number of aryl methyl sites for hydroxylation is 1. The van der Waals surface area contributed by atoms with Crippen molar-refractivity contribution in [3.05, 3.63) is 64.8 Å². The van der Waals surface area contributed by atoms with Crippen molar-refractivity contribution >= 4 is 40.2 Å². The number of H-pyrrole nitrogens is 1. The molecular formula is C23H25ClN2OS. The molecule has 1 amide bonds. The largest absolute Gasteiger partial charge is 0.358 e. The van der Waals surface area contributed by atoms with Crippen LogP contribution in [0.25, 0.3) is 10.9 Å². The summed E-state index contributed by atoms with van der Waals surface area (Å²) in [4.78, 5) is 17.8. The Hall–Kier alpha value is -1.91. The van der Waals surface area contributed by atoms with Gasteiger partial charge in [0.25, 0.3) is 0 Å². The second kappa shape index (κ2) is 8.22. The smallest absolute Gasteiger partial charge is 0.230 e. The molecule has 0 aliphatic heterocycles. The standard InChI is InChI=1S/C23H25ClN2OS/c1-16-21(19-6-2-3-7-20(19)26-16)28-15-14-25-22(27)23(12-4-5-13-23)17-8-10-18(24)11-9-17/h2-3,6-11,26H,4-5,12-15H2,1H3,(H,25,27). The van der Waals surface area contributed by atoms with Gasteiger partial charge >= 0.3 is 0 Å². The van der Waals surface area contributed by atoms with Crippen LogP contribution in [0.2, 0.25) is 5.02 Å². The molecule has 28 heavy (non-hydrogen) atoms. The number of amides is 1. The van der Waals surface area contributed by atoms with Crippen molar-refractivity contribution in [2.24, 2.45) is 0 Å². The molecule has 1 fully saturated rings. The van der Waals surface area contributed by atoms with Crippen LogP contribution in [0.1, 0.15) is 36.9 Å². The van der Waals surface area contributed by atoms with Crippen molar-refractivity contribution in [1.29, 1.82) is 0 Å². The summed E-state index contributed by atoms with van der Waals surface area (Å²) in [5.74, 6) is 1.01. The number of benzene rings is 2. The van der Waals surface area contributed by atoms with Gasteiger partial charge in [0.1, 0.15) is 0 Å². The molecule has 3 aromatic rings. The molecule has 1 heterocycles. The van der Waals surface area contributed by atoms with Crippen LogP contribution >= 0.6 is 23.4 Å². The lowest BCUT2D eigenvalue weighted by atomic mass is 9.78. The van der Waals surface area contributed by atoms with Gasteiger partial charge in [-0.3, -0.25) is 4.79 Å². The van der Waals surface area contributed by atoms with Crippen LogP contribution in [-0.4, -0.2) is 23.2 Å². The van der Waals surface area contributed by atoms with Gasteiger partial charge in [-0.05, 0) is 43.5 Å². The van der Waals surface area contributed by atoms with Crippen molar-refractivity contribution in [3.8, 4) is 0 Å². The van der Waals surface area contributed by atoms with E-state index in [1.54, 1.807) is 11.8 Å². The molecule has 0 radical (unpaired) electrons. The summed E-state index contributed by atoms with van der Waals surface area (Å²) in [5, 5.41) is 5.17. The van der Waals surface area contributed by atoms with Crippen LogP contribution in [0, 0.1) is 6.92 Å². The zero-order valence-corrected chi connectivity index (χ0v) is 17.6. The molecule has 146 valence electrons. The number of carbonyl (C=O) groups is 1. The van der Waals surface area contributed by atoms with E-state index in [1.165, 1.54) is 21.5 Å². The van der Waals surface area contributed by atoms with Crippen molar-refractivity contribution in [2.45, 2.75) is 42.9 Å². The van der Waals surface area contributed by atoms with Gasteiger partial charge in [-0.15, -0.1) is 11.8 Å². The predicted molar refractivity (Wildman–Crippen MR) is 118 cm³/mol. The number of rotatable bonds is 6. The van der Waals surface area contributed by atoms with Crippen molar-refractivity contribution < 1.29 is 4.79 Å². The average molecular weight is 413 g/mol. The molecular weight excluding hydrogens is 388 g/mol. The highest BCUT2D eigenvalue weighted by atomic mass is 35.5. The predicted octanol–water partition coefficient (Wildman–Crippen LogP) is 5.85. The highest BCUT2D eigenvalue weighted by molar-refractivity contribution is 7.99. The summed E-state index contributed by atoms with van der Waals surface area (Å²) in [5.41, 5.74) is 3.04. The SMILES string of the molecule is Cc1[nH]c2ccccc2c1SCCNC(=O)C1(c2ccc(Cl)cc2)CCCC1. The summed E-state index contributed by atoms with van der Waals surface area (Å²) < 4.78 is 0. The molecule has 1 aromatic heterocycles. The summed E-state index contributed by atoms with van der Waals surface area (Å²) in [6.45, 7) is 2.77. The van der Waals surface area contributed by atoms with Gasteiger partial charge in [0.2, 0.25) is 5.91 Å². The lowest BCUT2D eigenvalue weighted by molar-refractivity contribution is -0.126. The third-order valence-electron chi connectivity index (χ3n) is 5.76. The van der Waals surface area contributed by atoms with Crippen molar-refractivity contribution in [1.82, 2.24) is 10.3 Å². The molecule has 0 unspecified atom stereocenters. The lowest BCUT2D eigenvalue weighted by Crippen LogP contribution is -2.43. The molecule has 0 saturated heterocycles. The van der Waals surface area contributed by atoms with E-state index in [0.717, 1.165) is 37.0 Å². The van der Waals surface area contributed by atoms with E-state index in [0.29, 0.717) is 11.6 Å². The number of hydrogen-bond donors (Lipinski definition) is 2. The van der Waals surface area contributed by atoms with Crippen molar-refractivity contribution in [3.63, 3.8) is 0 Å². The van der Waals surface area contributed by atoms with Crippen LogP contribution < -0.4 is 5.32 Å². The highest BCUT2D eigenvalue weighted by Gasteiger charge is 2.42. The maximum atomic E-state index is 13.1. The average Bonchev–Trinajstić information content (AvgIpc) is 3.31. The van der Waals surface area contributed by atoms with E-state index in [2.05, 4.69) is 35.4 Å². The molecule has 2 N–H and O–H groups in total. The van der Waals surface area contributed by atoms with E-state index in [4.69, 9.17) is 11.6 Å². The third-order valence-corrected chi connectivity index (χ3v) is 7.23. The Morgan fingerprint density at radius 3 is 2.61 bits per heavy atom. The van der Waals surface area contributed by atoms with Crippen LogP contribution in [0.3, 0.4) is 0 Å². The van der Waals surface area contributed by atoms with Gasteiger partial charge in [-0.1, -0.05) is 54.8 Å². The fraction of sp³-hybridized carbons (Fsp3) is 0.348. The second-order valence-electron chi connectivity index (χ2n) is 7.53. The first kappa shape index (κ1) is 19.4. The quantitative estimate of drug-likeness (QED) is 0.394. The maximum absolute atomic E-state index is 13.1. The summed E-state index contributed by atoms with van der Waals surface area (Å²) in [6.07, 6.45) is 4.02. The Balaban J connectivity index is 1.40. The minimum atomic E-state index is -0.397. The van der Waals surface area contributed by atoms with Crippen molar-refractivity contribution in [2.75, 3.05) is 12.3 Å². The molecule has 4 rings (SSSR count). The third kappa shape index (κ3) is 3.68. The fourth-order valence-electron chi connectivity index (χ4n) is 4.32. The zero-order chi connectivity index (χ0) is 19.6. The second-order valence-corrected chi connectivity index (χ2v) is 9.07. The molecule has 0 atom stereocenters. The minimum absolute atomic E-state index is 0.156. The number of fused-ring (bicyclic) bond motifs is 1. The number of nitrogens with one attached hydrogen (secondary N) is 2. The van der Waals surface area contributed by atoms with Gasteiger partial charge in [-0.25, -0.2) is 0 Å². The fourth-order valence-corrected chi connectivity index (χ4v) is 5.45. The Kier molecular flexibility index (Phi) is 5.70. The molecule has 5 heteroatoms.